The number of nitrogens with zero attached hydrogens (tertiary/aromatic N) is 2. The molecule has 8 nitrogen and oxygen atoms in total. The molecule has 1 unspecified atom stereocenters. The van der Waals surface area contributed by atoms with Crippen molar-refractivity contribution in [1.29, 1.82) is 0 Å². The van der Waals surface area contributed by atoms with E-state index in [1.54, 1.807) is 36.4 Å². The molecule has 0 aliphatic carbocycles. The topological polar surface area (TPSA) is 96.0 Å². The van der Waals surface area contributed by atoms with Gasteiger partial charge >= 0.3 is 0 Å². The zero-order valence-corrected chi connectivity index (χ0v) is 30.2. The van der Waals surface area contributed by atoms with Gasteiger partial charge in [-0.15, -0.1) is 0 Å². The van der Waals surface area contributed by atoms with Crippen LogP contribution in [0.1, 0.15) is 30.5 Å². The van der Waals surface area contributed by atoms with Gasteiger partial charge in [0.25, 0.3) is 10.0 Å². The van der Waals surface area contributed by atoms with E-state index in [0.29, 0.717) is 17.1 Å². The van der Waals surface area contributed by atoms with Gasteiger partial charge < -0.3 is 15.0 Å². The zero-order valence-electron chi connectivity index (χ0n) is 27.1. The number of sulfonamides is 1. The van der Waals surface area contributed by atoms with Crippen LogP contribution < -0.4 is 14.4 Å². The van der Waals surface area contributed by atoms with Crippen LogP contribution in [0.3, 0.4) is 0 Å². The lowest BCUT2D eigenvalue weighted by Crippen LogP contribution is -2.53. The fourth-order valence-corrected chi connectivity index (χ4v) is 6.92. The highest BCUT2D eigenvalue weighted by molar-refractivity contribution is 7.92. The number of carbonyl (C=O) groups excluding carboxylic acids is 2. The van der Waals surface area contributed by atoms with E-state index in [9.17, 15) is 18.0 Å². The summed E-state index contributed by atoms with van der Waals surface area (Å²) in [6.45, 7) is 5.43. The van der Waals surface area contributed by atoms with E-state index < -0.39 is 28.5 Å². The molecule has 254 valence electrons. The lowest BCUT2D eigenvalue weighted by molar-refractivity contribution is -0.140. The van der Waals surface area contributed by atoms with Gasteiger partial charge in [0.2, 0.25) is 11.8 Å². The average molecular weight is 731 g/mol. The Kier molecular flexibility index (Phi) is 12.8. The average Bonchev–Trinajstić information content (AvgIpc) is 3.06. The van der Waals surface area contributed by atoms with Crippen LogP contribution >= 0.6 is 34.8 Å². The molecule has 0 fully saturated rings. The van der Waals surface area contributed by atoms with E-state index in [2.05, 4.69) is 5.32 Å². The molecule has 0 heterocycles. The van der Waals surface area contributed by atoms with Crippen LogP contribution in [0.25, 0.3) is 0 Å². The molecule has 1 atom stereocenters. The van der Waals surface area contributed by atoms with Crippen LogP contribution in [-0.4, -0.2) is 51.4 Å². The fraction of sp³-hybridized carbons (Fsp3) is 0.278. The standard InChI is InChI=1S/C36H38Cl3N3O5S/c1-24(2)21-40-36(44)33(19-26-8-6-5-7-9-26)41(22-27-12-16-30(38)31(39)18-27)35(43)23-42(32-20-28(37)13-17-34(32)47-4)48(45,46)29-14-10-25(3)11-15-29/h5-18,20,24,33H,19,21-23H2,1-4H3,(H,40,44). The molecule has 12 heteroatoms. The van der Waals surface area contributed by atoms with E-state index in [4.69, 9.17) is 39.5 Å². The van der Waals surface area contributed by atoms with Crippen LogP contribution in [0.5, 0.6) is 5.75 Å². The molecule has 1 N–H and O–H groups in total. The lowest BCUT2D eigenvalue weighted by atomic mass is 10.0. The molecular weight excluding hydrogens is 693 g/mol. The van der Waals surface area contributed by atoms with Gasteiger partial charge in [0.05, 0.1) is 27.7 Å². The SMILES string of the molecule is COc1ccc(Cl)cc1N(CC(=O)N(Cc1ccc(Cl)c(Cl)c1)C(Cc1ccccc1)C(=O)NCC(C)C)S(=O)(=O)c1ccc(C)cc1. The molecule has 0 bridgehead atoms. The van der Waals surface area contributed by atoms with Crippen LogP contribution in [-0.2, 0) is 32.6 Å². The summed E-state index contributed by atoms with van der Waals surface area (Å²) >= 11 is 18.9. The Labute approximate surface area is 297 Å². The van der Waals surface area contributed by atoms with Gasteiger partial charge in [0, 0.05) is 24.5 Å². The van der Waals surface area contributed by atoms with Crippen molar-refractivity contribution >= 4 is 62.3 Å². The van der Waals surface area contributed by atoms with Gasteiger partial charge in [-0.3, -0.25) is 13.9 Å². The molecule has 4 rings (SSSR count). The number of hydrogen-bond donors (Lipinski definition) is 1. The van der Waals surface area contributed by atoms with Crippen LogP contribution in [0, 0.1) is 12.8 Å². The van der Waals surface area contributed by atoms with Crippen molar-refractivity contribution in [2.45, 2.75) is 44.7 Å². The summed E-state index contributed by atoms with van der Waals surface area (Å²) in [5.41, 5.74) is 2.34. The van der Waals surface area contributed by atoms with Gasteiger partial charge in [0.15, 0.2) is 0 Å². The van der Waals surface area contributed by atoms with Gasteiger partial charge in [-0.25, -0.2) is 8.42 Å². The van der Waals surface area contributed by atoms with Crippen molar-refractivity contribution in [3.05, 3.63) is 123 Å². The minimum Gasteiger partial charge on any atom is -0.495 e. The molecule has 4 aromatic rings. The number of anilines is 1. The summed E-state index contributed by atoms with van der Waals surface area (Å²) in [6.07, 6.45) is 0.170. The van der Waals surface area contributed by atoms with Gasteiger partial charge in [0.1, 0.15) is 18.3 Å². The van der Waals surface area contributed by atoms with Crippen molar-refractivity contribution in [1.82, 2.24) is 10.2 Å². The minimum atomic E-state index is -4.35. The van der Waals surface area contributed by atoms with Crippen molar-refractivity contribution in [2.24, 2.45) is 5.92 Å². The summed E-state index contributed by atoms with van der Waals surface area (Å²) in [5.74, 6) is -0.681. The molecular formula is C36H38Cl3N3O5S. The van der Waals surface area contributed by atoms with E-state index in [-0.39, 0.29) is 51.2 Å². The first-order valence-corrected chi connectivity index (χ1v) is 17.9. The quantitative estimate of drug-likeness (QED) is 0.144. The second-order valence-electron chi connectivity index (χ2n) is 11.8. The highest BCUT2D eigenvalue weighted by Gasteiger charge is 2.35. The Balaban J connectivity index is 1.86. The summed E-state index contributed by atoms with van der Waals surface area (Å²) in [7, 11) is -2.95. The number of rotatable bonds is 14. The molecule has 0 saturated carbocycles. The lowest BCUT2D eigenvalue weighted by Gasteiger charge is -2.34. The third-order valence-corrected chi connectivity index (χ3v) is 10.3. The number of ether oxygens (including phenoxy) is 1. The first-order valence-electron chi connectivity index (χ1n) is 15.3. The number of methoxy groups -OCH3 is 1. The largest absolute Gasteiger partial charge is 0.495 e. The molecule has 0 aromatic heterocycles. The van der Waals surface area contributed by atoms with Crippen LogP contribution in [0.2, 0.25) is 15.1 Å². The molecule has 0 aliphatic heterocycles. The summed E-state index contributed by atoms with van der Waals surface area (Å²) in [6, 6.07) is 24.1. The number of halogens is 3. The van der Waals surface area contributed by atoms with Crippen LogP contribution in [0.15, 0.2) is 95.9 Å². The molecule has 4 aromatic carbocycles. The van der Waals surface area contributed by atoms with Crippen molar-refractivity contribution in [2.75, 3.05) is 24.5 Å². The predicted octanol–water partition coefficient (Wildman–Crippen LogP) is 7.57. The summed E-state index contributed by atoms with van der Waals surface area (Å²) in [5, 5.41) is 3.81. The second-order valence-corrected chi connectivity index (χ2v) is 14.9. The Hall–Kier alpha value is -3.76. The Morgan fingerprint density at radius 1 is 0.854 bits per heavy atom. The Morgan fingerprint density at radius 2 is 1.54 bits per heavy atom. The Morgan fingerprint density at radius 3 is 2.17 bits per heavy atom. The zero-order chi connectivity index (χ0) is 35.0. The normalized spacial score (nSPS) is 12.0. The molecule has 0 aliphatic rings. The smallest absolute Gasteiger partial charge is 0.264 e. The minimum absolute atomic E-state index is 0.0329. The van der Waals surface area contributed by atoms with Crippen molar-refractivity contribution < 1.29 is 22.7 Å². The molecule has 0 radical (unpaired) electrons. The number of nitrogens with one attached hydrogen (secondary N) is 1. The van der Waals surface area contributed by atoms with Gasteiger partial charge in [-0.05, 0) is 66.4 Å². The third kappa shape index (κ3) is 9.44. The first kappa shape index (κ1) is 37.1. The molecule has 0 spiro atoms. The molecule has 0 saturated heterocycles. The summed E-state index contributed by atoms with van der Waals surface area (Å²) < 4.78 is 35.2. The number of aryl methyl sites for hydroxylation is 1. The fourth-order valence-electron chi connectivity index (χ4n) is 5.02. The number of hydrogen-bond acceptors (Lipinski definition) is 5. The molecule has 2 amide bonds. The van der Waals surface area contributed by atoms with E-state index in [0.717, 1.165) is 15.4 Å². The maximum absolute atomic E-state index is 14.7. The maximum atomic E-state index is 14.7. The summed E-state index contributed by atoms with van der Waals surface area (Å²) in [4.78, 5) is 30.0. The highest BCUT2D eigenvalue weighted by atomic mass is 35.5. The van der Waals surface area contributed by atoms with Crippen molar-refractivity contribution in [3.63, 3.8) is 0 Å². The first-order chi connectivity index (χ1) is 22.8. The Bertz CT molecular complexity index is 1840. The highest BCUT2D eigenvalue weighted by Crippen LogP contribution is 2.35. The maximum Gasteiger partial charge on any atom is 0.264 e. The van der Waals surface area contributed by atoms with E-state index in [1.165, 1.54) is 36.3 Å². The third-order valence-electron chi connectivity index (χ3n) is 7.59. The molecule has 48 heavy (non-hydrogen) atoms. The number of amides is 2. The van der Waals surface area contributed by atoms with Gasteiger partial charge in [-0.1, -0.05) is 103 Å². The second kappa shape index (κ2) is 16.6. The van der Waals surface area contributed by atoms with Crippen LogP contribution in [0.4, 0.5) is 5.69 Å². The van der Waals surface area contributed by atoms with E-state index >= 15 is 0 Å². The van der Waals surface area contributed by atoms with Gasteiger partial charge in [-0.2, -0.15) is 0 Å². The van der Waals surface area contributed by atoms with Crippen molar-refractivity contribution in [3.8, 4) is 5.75 Å². The van der Waals surface area contributed by atoms with E-state index in [1.807, 2.05) is 51.1 Å². The predicted molar refractivity (Wildman–Crippen MR) is 193 cm³/mol. The number of carbonyl (C=O) groups is 2. The number of benzene rings is 4. The monoisotopic (exact) mass is 729 g/mol.